The average molecular weight is 286 g/mol. The maximum Gasteiger partial charge on any atom is 0.287 e. The van der Waals surface area contributed by atoms with E-state index >= 15 is 0 Å². The Hall–Kier alpha value is -2.01. The fourth-order valence-corrected chi connectivity index (χ4v) is 2.94. The summed E-state index contributed by atoms with van der Waals surface area (Å²) in [4.78, 5) is 17.6. The summed E-state index contributed by atoms with van der Waals surface area (Å²) in [6, 6.07) is 11.5. The van der Waals surface area contributed by atoms with Gasteiger partial charge in [0.05, 0.1) is 5.69 Å². The zero-order valence-electron chi connectivity index (χ0n) is 11.3. The van der Waals surface area contributed by atoms with Gasteiger partial charge in [-0.1, -0.05) is 18.2 Å². The zero-order valence-corrected chi connectivity index (χ0v) is 12.1. The lowest BCUT2D eigenvalue weighted by molar-refractivity contribution is 0.344. The summed E-state index contributed by atoms with van der Waals surface area (Å²) in [7, 11) is 0. The molecule has 2 heterocycles. The van der Waals surface area contributed by atoms with Crippen molar-refractivity contribution in [2.75, 3.05) is 0 Å². The first-order valence-corrected chi connectivity index (χ1v) is 7.30. The largest absolute Gasteiger partial charge is 0.375 e. The highest BCUT2D eigenvalue weighted by Crippen LogP contribution is 2.24. The van der Waals surface area contributed by atoms with Crippen LogP contribution in [0.2, 0.25) is 0 Å². The average Bonchev–Trinajstić information content (AvgIpc) is 2.79. The van der Waals surface area contributed by atoms with Gasteiger partial charge in [0.1, 0.15) is 5.76 Å². The van der Waals surface area contributed by atoms with Crippen LogP contribution < -0.4 is 5.56 Å². The molecule has 0 amide bonds. The first kappa shape index (κ1) is 13.0. The Labute approximate surface area is 120 Å². The Morgan fingerprint density at radius 1 is 1.25 bits per heavy atom. The molecule has 0 aliphatic heterocycles. The van der Waals surface area contributed by atoms with Crippen molar-refractivity contribution >= 4 is 17.4 Å². The number of fused-ring (bicyclic) bond motifs is 1. The van der Waals surface area contributed by atoms with Crippen LogP contribution in [0.5, 0.6) is 0 Å². The van der Waals surface area contributed by atoms with Crippen molar-refractivity contribution in [3.8, 4) is 0 Å². The molecule has 102 valence electrons. The van der Waals surface area contributed by atoms with Crippen molar-refractivity contribution in [2.24, 2.45) is 0 Å². The first-order valence-electron chi connectivity index (χ1n) is 6.31. The van der Waals surface area contributed by atoms with Crippen LogP contribution in [-0.2, 0) is 5.75 Å². The molecule has 0 N–H and O–H groups in total. The summed E-state index contributed by atoms with van der Waals surface area (Å²) in [5.74, 6) is 1.35. The molecular formula is C15H14N2O2S. The smallest absolute Gasteiger partial charge is 0.287 e. The molecule has 1 aromatic carbocycles. The van der Waals surface area contributed by atoms with Gasteiger partial charge in [-0.25, -0.2) is 4.98 Å². The van der Waals surface area contributed by atoms with Gasteiger partial charge in [0.25, 0.3) is 5.56 Å². The van der Waals surface area contributed by atoms with Gasteiger partial charge in [0, 0.05) is 22.8 Å². The maximum atomic E-state index is 11.9. The fourth-order valence-electron chi connectivity index (χ4n) is 2.02. The van der Waals surface area contributed by atoms with E-state index in [9.17, 15) is 4.79 Å². The molecule has 0 spiro atoms. The predicted octanol–water partition coefficient (Wildman–Crippen LogP) is 3.20. The molecule has 5 heteroatoms. The second-order valence-corrected chi connectivity index (χ2v) is 5.66. The van der Waals surface area contributed by atoms with Crippen molar-refractivity contribution < 1.29 is 4.52 Å². The number of hydrogen-bond donors (Lipinski definition) is 0. The molecule has 0 saturated heterocycles. The molecule has 0 unspecified atom stereocenters. The number of nitrogens with zero attached hydrogens (tertiary/aromatic N) is 2. The topological polar surface area (TPSA) is 47.5 Å². The highest BCUT2D eigenvalue weighted by atomic mass is 32.2. The van der Waals surface area contributed by atoms with E-state index in [0.29, 0.717) is 17.2 Å². The lowest BCUT2D eigenvalue weighted by atomic mass is 10.2. The fraction of sp³-hybridized carbons (Fsp3) is 0.200. The molecule has 2 aromatic heterocycles. The molecule has 0 fully saturated rings. The van der Waals surface area contributed by atoms with E-state index in [0.717, 1.165) is 5.69 Å². The molecule has 3 aromatic rings. The van der Waals surface area contributed by atoms with Gasteiger partial charge in [-0.3, -0.25) is 4.79 Å². The minimum Gasteiger partial charge on any atom is -0.375 e. The third kappa shape index (κ3) is 2.49. The molecule has 4 nitrogen and oxygen atoms in total. The van der Waals surface area contributed by atoms with Crippen LogP contribution in [0.3, 0.4) is 0 Å². The van der Waals surface area contributed by atoms with Crippen LogP contribution in [-0.4, -0.2) is 9.56 Å². The Balaban J connectivity index is 1.88. The number of benzene rings is 1. The summed E-state index contributed by atoms with van der Waals surface area (Å²) in [5, 5.41) is 0. The highest BCUT2D eigenvalue weighted by molar-refractivity contribution is 7.98. The van der Waals surface area contributed by atoms with Crippen LogP contribution in [0.4, 0.5) is 0 Å². The third-order valence-electron chi connectivity index (χ3n) is 2.99. The number of aromatic nitrogens is 2. The standard InChI is InChI=1S/C15H14N2O2S/c1-10-5-3-4-6-13(10)20-9-12-8-15(18)17-14(16-12)7-11(2)19-17/h3-8H,9H2,1-2H3. The van der Waals surface area contributed by atoms with E-state index in [1.807, 2.05) is 12.1 Å². The summed E-state index contributed by atoms with van der Waals surface area (Å²) in [6.07, 6.45) is 0. The van der Waals surface area contributed by atoms with Gasteiger partial charge >= 0.3 is 0 Å². The van der Waals surface area contributed by atoms with Crippen LogP contribution >= 0.6 is 11.8 Å². The van der Waals surface area contributed by atoms with Crippen molar-refractivity contribution in [3.05, 3.63) is 63.8 Å². The van der Waals surface area contributed by atoms with Gasteiger partial charge in [0.15, 0.2) is 5.65 Å². The molecule has 0 atom stereocenters. The summed E-state index contributed by atoms with van der Waals surface area (Å²) >= 11 is 1.68. The highest BCUT2D eigenvalue weighted by Gasteiger charge is 2.07. The van der Waals surface area contributed by atoms with Crippen molar-refractivity contribution in [3.63, 3.8) is 0 Å². The normalized spacial score (nSPS) is 11.1. The van der Waals surface area contributed by atoms with Crippen molar-refractivity contribution in [2.45, 2.75) is 24.5 Å². The molecule has 0 radical (unpaired) electrons. The zero-order chi connectivity index (χ0) is 14.1. The van der Waals surface area contributed by atoms with Gasteiger partial charge < -0.3 is 4.52 Å². The molecule has 20 heavy (non-hydrogen) atoms. The predicted molar refractivity (Wildman–Crippen MR) is 79.2 cm³/mol. The number of rotatable bonds is 3. The summed E-state index contributed by atoms with van der Waals surface area (Å²) in [6.45, 7) is 3.88. The number of aryl methyl sites for hydroxylation is 2. The van der Waals surface area contributed by atoms with E-state index < -0.39 is 0 Å². The molecule has 0 bridgehead atoms. The van der Waals surface area contributed by atoms with E-state index in [4.69, 9.17) is 4.52 Å². The Morgan fingerprint density at radius 2 is 2.05 bits per heavy atom. The second-order valence-electron chi connectivity index (χ2n) is 4.64. The quantitative estimate of drug-likeness (QED) is 0.694. The molecule has 3 rings (SSSR count). The minimum atomic E-state index is -0.177. The number of hydrogen-bond acceptors (Lipinski definition) is 4. The Morgan fingerprint density at radius 3 is 2.85 bits per heavy atom. The monoisotopic (exact) mass is 286 g/mol. The van der Waals surface area contributed by atoms with Crippen LogP contribution in [0.25, 0.3) is 5.65 Å². The molecule has 0 aliphatic rings. The summed E-state index contributed by atoms with van der Waals surface area (Å²) < 4.78 is 6.49. The lowest BCUT2D eigenvalue weighted by Crippen LogP contribution is -2.12. The SMILES string of the molecule is Cc1cc2nc(CSc3ccccc3C)cc(=O)n2o1. The molecular weight excluding hydrogens is 272 g/mol. The number of thioether (sulfide) groups is 1. The minimum absolute atomic E-state index is 0.177. The van der Waals surface area contributed by atoms with E-state index in [1.54, 1.807) is 24.8 Å². The van der Waals surface area contributed by atoms with Crippen molar-refractivity contribution in [1.82, 2.24) is 9.56 Å². The van der Waals surface area contributed by atoms with Gasteiger partial charge in [0.2, 0.25) is 0 Å². The van der Waals surface area contributed by atoms with Crippen LogP contribution in [0.1, 0.15) is 17.0 Å². The van der Waals surface area contributed by atoms with Crippen molar-refractivity contribution in [1.29, 1.82) is 0 Å². The first-order chi connectivity index (χ1) is 9.63. The van der Waals surface area contributed by atoms with E-state index in [2.05, 4.69) is 24.0 Å². The van der Waals surface area contributed by atoms with Crippen LogP contribution in [0.15, 0.2) is 50.6 Å². The second kappa shape index (κ2) is 5.17. The maximum absolute atomic E-state index is 11.9. The molecule has 0 saturated carbocycles. The van der Waals surface area contributed by atoms with Gasteiger partial charge in [-0.15, -0.1) is 16.3 Å². The lowest BCUT2D eigenvalue weighted by Gasteiger charge is -2.04. The Bertz CT molecular complexity index is 820. The Kier molecular flexibility index (Phi) is 3.36. The third-order valence-corrected chi connectivity index (χ3v) is 4.20. The van der Waals surface area contributed by atoms with Gasteiger partial charge in [-0.05, 0) is 25.5 Å². The van der Waals surface area contributed by atoms with E-state index in [1.165, 1.54) is 21.1 Å². The van der Waals surface area contributed by atoms with Gasteiger partial charge in [-0.2, -0.15) is 0 Å². The van der Waals surface area contributed by atoms with Crippen LogP contribution in [0, 0.1) is 13.8 Å². The molecule has 0 aliphatic carbocycles. The summed E-state index contributed by atoms with van der Waals surface area (Å²) in [5.41, 5.74) is 2.39. The van der Waals surface area contributed by atoms with E-state index in [-0.39, 0.29) is 5.56 Å².